The fourth-order valence-electron chi connectivity index (χ4n) is 2.27. The molecule has 0 saturated heterocycles. The van der Waals surface area contributed by atoms with Crippen molar-refractivity contribution in [1.82, 2.24) is 5.32 Å². The van der Waals surface area contributed by atoms with Gasteiger partial charge in [0.15, 0.2) is 6.61 Å². The fraction of sp³-hybridized carbons (Fsp3) is 0.176. The number of fused-ring (bicyclic) bond motifs is 2. The Balaban J connectivity index is 1.89. The second-order valence-electron chi connectivity index (χ2n) is 4.95. The molecular formula is C17H15NO4S. The number of hydrogen-bond donors (Lipinski definition) is 2. The Bertz CT molecular complexity index is 919. The number of carbonyl (C=O) groups is 1. The van der Waals surface area contributed by atoms with E-state index in [1.54, 1.807) is 18.2 Å². The van der Waals surface area contributed by atoms with Crippen molar-refractivity contribution in [2.45, 2.75) is 0 Å². The summed E-state index contributed by atoms with van der Waals surface area (Å²) in [6, 6.07) is 12.9. The number of ether oxygens (including phenoxy) is 1. The van der Waals surface area contributed by atoms with Crippen LogP contribution in [0.5, 0.6) is 5.75 Å². The van der Waals surface area contributed by atoms with Crippen molar-refractivity contribution in [3.63, 3.8) is 0 Å². The van der Waals surface area contributed by atoms with Gasteiger partial charge in [-0.05, 0) is 30.3 Å². The van der Waals surface area contributed by atoms with Gasteiger partial charge in [0.05, 0.1) is 11.1 Å². The lowest BCUT2D eigenvalue weighted by Crippen LogP contribution is -2.31. The SMILES string of the molecule is O=C(COc1ccc2oc3ccccc3c(=S)c2c1)NCCO. The van der Waals surface area contributed by atoms with E-state index in [0.29, 0.717) is 15.8 Å². The number of amides is 1. The zero-order chi connectivity index (χ0) is 16.2. The summed E-state index contributed by atoms with van der Waals surface area (Å²) in [6.07, 6.45) is 0. The second-order valence-corrected chi connectivity index (χ2v) is 5.36. The minimum absolute atomic E-state index is 0.102. The van der Waals surface area contributed by atoms with Gasteiger partial charge in [-0.3, -0.25) is 4.79 Å². The van der Waals surface area contributed by atoms with Crippen molar-refractivity contribution < 1.29 is 19.1 Å². The van der Waals surface area contributed by atoms with Crippen LogP contribution < -0.4 is 10.1 Å². The standard InChI is InChI=1S/C17H15NO4S/c19-8-7-18-16(20)10-21-11-5-6-15-13(9-11)17(23)12-3-1-2-4-14(12)22-15/h1-6,9,19H,7-8,10H2,(H,18,20). The van der Waals surface area contributed by atoms with Crippen molar-refractivity contribution in [3.8, 4) is 5.75 Å². The molecule has 0 aliphatic rings. The van der Waals surface area contributed by atoms with E-state index in [2.05, 4.69) is 5.32 Å². The highest BCUT2D eigenvalue weighted by Gasteiger charge is 2.07. The molecule has 5 nitrogen and oxygen atoms in total. The third-order valence-electron chi connectivity index (χ3n) is 3.35. The Kier molecular flexibility index (Phi) is 4.55. The maximum absolute atomic E-state index is 11.5. The summed E-state index contributed by atoms with van der Waals surface area (Å²) in [5.41, 5.74) is 1.41. The van der Waals surface area contributed by atoms with Gasteiger partial charge >= 0.3 is 0 Å². The first-order valence-corrected chi connectivity index (χ1v) is 7.56. The third-order valence-corrected chi connectivity index (χ3v) is 3.79. The molecule has 0 aliphatic carbocycles. The van der Waals surface area contributed by atoms with Gasteiger partial charge in [0, 0.05) is 17.3 Å². The summed E-state index contributed by atoms with van der Waals surface area (Å²) in [5, 5.41) is 12.8. The monoisotopic (exact) mass is 329 g/mol. The van der Waals surface area contributed by atoms with Crippen LogP contribution in [-0.4, -0.2) is 30.8 Å². The average molecular weight is 329 g/mol. The van der Waals surface area contributed by atoms with Crippen molar-refractivity contribution in [3.05, 3.63) is 47.0 Å². The Morgan fingerprint density at radius 2 is 1.96 bits per heavy atom. The van der Waals surface area contributed by atoms with Gasteiger partial charge < -0.3 is 19.6 Å². The summed E-state index contributed by atoms with van der Waals surface area (Å²) in [4.78, 5) is 11.5. The Hall–Kier alpha value is -2.44. The van der Waals surface area contributed by atoms with E-state index in [9.17, 15) is 4.79 Å². The van der Waals surface area contributed by atoms with Crippen LogP contribution in [0.3, 0.4) is 0 Å². The molecule has 1 aromatic heterocycles. The van der Waals surface area contributed by atoms with Gasteiger partial charge in [-0.2, -0.15) is 0 Å². The molecule has 0 saturated carbocycles. The molecule has 0 bridgehead atoms. The van der Waals surface area contributed by atoms with Gasteiger partial charge in [0.25, 0.3) is 5.91 Å². The van der Waals surface area contributed by atoms with Gasteiger partial charge in [0.2, 0.25) is 0 Å². The summed E-state index contributed by atoms with van der Waals surface area (Å²) in [5.74, 6) is 0.245. The van der Waals surface area contributed by atoms with Gasteiger partial charge in [-0.1, -0.05) is 24.4 Å². The number of hydrogen-bond acceptors (Lipinski definition) is 5. The molecule has 0 atom stereocenters. The highest BCUT2D eigenvalue weighted by atomic mass is 32.1. The number of rotatable bonds is 5. The van der Waals surface area contributed by atoms with E-state index in [1.807, 2.05) is 24.3 Å². The number of aliphatic hydroxyl groups is 1. The minimum atomic E-state index is -0.291. The van der Waals surface area contributed by atoms with Crippen molar-refractivity contribution in [1.29, 1.82) is 0 Å². The fourth-order valence-corrected chi connectivity index (χ4v) is 2.60. The number of aliphatic hydroxyl groups excluding tert-OH is 1. The zero-order valence-electron chi connectivity index (χ0n) is 12.2. The lowest BCUT2D eigenvalue weighted by Gasteiger charge is -2.08. The first-order chi connectivity index (χ1) is 11.2. The summed E-state index contributed by atoms with van der Waals surface area (Å²) < 4.78 is 12.0. The topological polar surface area (TPSA) is 71.7 Å². The van der Waals surface area contributed by atoms with Gasteiger partial charge in [-0.25, -0.2) is 0 Å². The maximum atomic E-state index is 11.5. The average Bonchev–Trinajstić information content (AvgIpc) is 2.58. The molecule has 3 rings (SSSR count). The number of nitrogens with one attached hydrogen (secondary N) is 1. The smallest absolute Gasteiger partial charge is 0.258 e. The van der Waals surface area contributed by atoms with Crippen LogP contribution in [0.2, 0.25) is 0 Å². The van der Waals surface area contributed by atoms with E-state index in [1.165, 1.54) is 0 Å². The van der Waals surface area contributed by atoms with Crippen molar-refractivity contribution in [2.24, 2.45) is 0 Å². The highest BCUT2D eigenvalue weighted by Crippen LogP contribution is 2.28. The molecule has 0 spiro atoms. The first-order valence-electron chi connectivity index (χ1n) is 7.15. The third kappa shape index (κ3) is 3.33. The van der Waals surface area contributed by atoms with E-state index in [4.69, 9.17) is 26.5 Å². The molecule has 2 aromatic carbocycles. The number of carbonyl (C=O) groups excluding carboxylic acids is 1. The molecule has 2 N–H and O–H groups in total. The van der Waals surface area contributed by atoms with E-state index in [-0.39, 0.29) is 25.7 Å². The molecule has 0 aliphatic heterocycles. The van der Waals surface area contributed by atoms with Crippen LogP contribution in [0.15, 0.2) is 46.9 Å². The molecule has 23 heavy (non-hydrogen) atoms. The van der Waals surface area contributed by atoms with Gasteiger partial charge in [-0.15, -0.1) is 0 Å². The van der Waals surface area contributed by atoms with Crippen LogP contribution in [-0.2, 0) is 4.79 Å². The largest absolute Gasteiger partial charge is 0.484 e. The summed E-state index contributed by atoms with van der Waals surface area (Å²) >= 11 is 5.53. The Morgan fingerprint density at radius 3 is 2.78 bits per heavy atom. The number of benzene rings is 2. The van der Waals surface area contributed by atoms with Crippen molar-refractivity contribution >= 4 is 40.1 Å². The van der Waals surface area contributed by atoms with Crippen molar-refractivity contribution in [2.75, 3.05) is 19.8 Å². The minimum Gasteiger partial charge on any atom is -0.484 e. The Morgan fingerprint density at radius 1 is 1.17 bits per heavy atom. The van der Waals surface area contributed by atoms with E-state index in [0.717, 1.165) is 16.4 Å². The molecule has 0 fully saturated rings. The van der Waals surface area contributed by atoms with E-state index < -0.39 is 0 Å². The lowest BCUT2D eigenvalue weighted by atomic mass is 10.1. The molecular weight excluding hydrogens is 314 g/mol. The van der Waals surface area contributed by atoms with Crippen LogP contribution in [0, 0.1) is 4.51 Å². The van der Waals surface area contributed by atoms with Crippen LogP contribution in [0.4, 0.5) is 0 Å². The summed E-state index contributed by atoms with van der Waals surface area (Å²) in [7, 11) is 0. The number of para-hydroxylation sites is 1. The zero-order valence-corrected chi connectivity index (χ0v) is 13.1. The molecule has 3 aromatic rings. The molecule has 118 valence electrons. The molecule has 6 heteroatoms. The summed E-state index contributed by atoms with van der Waals surface area (Å²) in [6.45, 7) is -0.0142. The predicted octanol–water partition coefficient (Wildman–Crippen LogP) is 2.80. The predicted molar refractivity (Wildman–Crippen MR) is 90.1 cm³/mol. The molecule has 0 unspecified atom stereocenters. The highest BCUT2D eigenvalue weighted by molar-refractivity contribution is 7.72. The lowest BCUT2D eigenvalue weighted by molar-refractivity contribution is -0.123. The second kappa shape index (κ2) is 6.76. The van der Waals surface area contributed by atoms with Crippen LogP contribution in [0.1, 0.15) is 0 Å². The Labute approximate surface area is 137 Å². The molecule has 1 amide bonds. The quantitative estimate of drug-likeness (QED) is 0.556. The van der Waals surface area contributed by atoms with E-state index >= 15 is 0 Å². The normalized spacial score (nSPS) is 10.8. The first kappa shape index (κ1) is 15.5. The molecule has 0 radical (unpaired) electrons. The van der Waals surface area contributed by atoms with Crippen LogP contribution in [0.25, 0.3) is 21.9 Å². The maximum Gasteiger partial charge on any atom is 0.258 e. The van der Waals surface area contributed by atoms with Crippen LogP contribution >= 0.6 is 12.2 Å². The van der Waals surface area contributed by atoms with Gasteiger partial charge in [0.1, 0.15) is 16.9 Å². The molecule has 1 heterocycles.